The zero-order valence-electron chi connectivity index (χ0n) is 13.8. The van der Waals surface area contributed by atoms with Gasteiger partial charge >= 0.3 is 6.03 Å². The van der Waals surface area contributed by atoms with Gasteiger partial charge in [-0.05, 0) is 45.3 Å². The van der Waals surface area contributed by atoms with Crippen molar-refractivity contribution < 1.29 is 9.59 Å². The Morgan fingerprint density at radius 1 is 1.32 bits per heavy atom. The number of carbonyl (C=O) groups is 2. The van der Waals surface area contributed by atoms with Gasteiger partial charge < -0.3 is 10.2 Å². The third kappa shape index (κ3) is 4.19. The number of carbonyl (C=O) groups excluding carboxylic acids is 2. The van der Waals surface area contributed by atoms with Crippen molar-refractivity contribution in [2.24, 2.45) is 11.8 Å². The number of rotatable bonds is 4. The summed E-state index contributed by atoms with van der Waals surface area (Å²) in [4.78, 5) is 28.8. The van der Waals surface area contributed by atoms with Gasteiger partial charge in [0.1, 0.15) is 0 Å². The molecule has 0 aromatic rings. The summed E-state index contributed by atoms with van der Waals surface area (Å²) < 4.78 is 0. The van der Waals surface area contributed by atoms with Crippen LogP contribution in [0.3, 0.4) is 0 Å². The predicted octanol–water partition coefficient (Wildman–Crippen LogP) is 2.37. The summed E-state index contributed by atoms with van der Waals surface area (Å²) in [6.07, 6.45) is 7.95. The van der Waals surface area contributed by atoms with Gasteiger partial charge in [0.15, 0.2) is 5.78 Å². The van der Waals surface area contributed by atoms with E-state index in [0.717, 1.165) is 25.9 Å². The van der Waals surface area contributed by atoms with Crippen LogP contribution in [0.25, 0.3) is 0 Å². The van der Waals surface area contributed by atoms with Crippen LogP contribution in [0.1, 0.15) is 33.1 Å². The molecule has 0 bridgehead atoms. The van der Waals surface area contributed by atoms with Gasteiger partial charge in [0.2, 0.25) is 0 Å². The number of amides is 2. The highest BCUT2D eigenvalue weighted by molar-refractivity contribution is 6.00. The quantitative estimate of drug-likeness (QED) is 0.867. The van der Waals surface area contributed by atoms with Crippen molar-refractivity contribution in [2.45, 2.75) is 33.1 Å². The summed E-state index contributed by atoms with van der Waals surface area (Å²) in [7, 11) is 2.08. The lowest BCUT2D eigenvalue weighted by Gasteiger charge is -2.31. The Hall–Kier alpha value is -1.62. The van der Waals surface area contributed by atoms with Crippen LogP contribution in [0.4, 0.5) is 4.79 Å². The molecule has 0 saturated carbocycles. The van der Waals surface area contributed by atoms with Crippen molar-refractivity contribution in [2.75, 3.05) is 26.7 Å². The summed E-state index contributed by atoms with van der Waals surface area (Å²) in [5, 5.41) is 2.88. The number of ketones is 1. The van der Waals surface area contributed by atoms with Gasteiger partial charge in [-0.3, -0.25) is 9.69 Å². The molecule has 1 fully saturated rings. The largest absolute Gasteiger partial charge is 0.337 e. The fourth-order valence-electron chi connectivity index (χ4n) is 2.78. The zero-order valence-corrected chi connectivity index (χ0v) is 13.8. The normalized spacial score (nSPS) is 20.2. The number of hydrogen-bond donors (Lipinski definition) is 1. The first-order valence-corrected chi connectivity index (χ1v) is 8.15. The highest BCUT2D eigenvalue weighted by Crippen LogP contribution is 2.24. The monoisotopic (exact) mass is 305 g/mol. The van der Waals surface area contributed by atoms with E-state index in [2.05, 4.69) is 17.3 Å². The van der Waals surface area contributed by atoms with Crippen LogP contribution in [0.5, 0.6) is 0 Å². The Morgan fingerprint density at radius 2 is 2.00 bits per heavy atom. The molecule has 2 aliphatic heterocycles. The minimum absolute atomic E-state index is 0.0364. The maximum Gasteiger partial charge on any atom is 0.326 e. The standard InChI is InChI=1S/C17H27N3O2/c1-13(2)12-18-17(22)20-9-5-4-6-15(20)16(21)14-7-10-19(3)11-8-14/h5-6,9,13-14H,4,7-8,10-12H2,1-3H3,(H,18,22). The molecule has 5 nitrogen and oxygen atoms in total. The molecule has 2 rings (SSSR count). The van der Waals surface area contributed by atoms with E-state index < -0.39 is 0 Å². The van der Waals surface area contributed by atoms with Gasteiger partial charge in [0.05, 0.1) is 5.70 Å². The Labute approximate surface area is 133 Å². The molecular formula is C17H27N3O2. The van der Waals surface area contributed by atoms with Crippen molar-refractivity contribution in [1.29, 1.82) is 0 Å². The lowest BCUT2D eigenvalue weighted by atomic mass is 9.90. The molecule has 0 atom stereocenters. The maximum absolute atomic E-state index is 12.8. The molecule has 22 heavy (non-hydrogen) atoms. The van der Waals surface area contributed by atoms with Crippen LogP contribution in [0.15, 0.2) is 24.0 Å². The van der Waals surface area contributed by atoms with E-state index in [9.17, 15) is 9.59 Å². The smallest absolute Gasteiger partial charge is 0.326 e. The van der Waals surface area contributed by atoms with Crippen LogP contribution in [0.2, 0.25) is 0 Å². The first kappa shape index (κ1) is 16.7. The van der Waals surface area contributed by atoms with Crippen LogP contribution in [-0.2, 0) is 4.79 Å². The molecule has 0 spiro atoms. The SMILES string of the molecule is CC(C)CNC(=O)N1C=CCC=C1C(=O)C1CCN(C)CC1. The van der Waals surface area contributed by atoms with Gasteiger partial charge in [-0.2, -0.15) is 0 Å². The number of allylic oxidation sites excluding steroid dienone is 3. The van der Waals surface area contributed by atoms with Gasteiger partial charge in [-0.25, -0.2) is 4.79 Å². The van der Waals surface area contributed by atoms with Crippen molar-refractivity contribution in [3.63, 3.8) is 0 Å². The van der Waals surface area contributed by atoms with E-state index in [1.807, 2.05) is 26.0 Å². The van der Waals surface area contributed by atoms with Crippen LogP contribution in [-0.4, -0.2) is 48.3 Å². The number of likely N-dealkylation sites (tertiary alicyclic amines) is 1. The highest BCUT2D eigenvalue weighted by Gasteiger charge is 2.30. The first-order valence-electron chi connectivity index (χ1n) is 8.15. The van der Waals surface area contributed by atoms with E-state index >= 15 is 0 Å². The van der Waals surface area contributed by atoms with E-state index in [-0.39, 0.29) is 17.7 Å². The van der Waals surface area contributed by atoms with Gasteiger partial charge in [0, 0.05) is 18.7 Å². The van der Waals surface area contributed by atoms with Gasteiger partial charge in [-0.15, -0.1) is 0 Å². The molecule has 0 aromatic heterocycles. The third-order valence-electron chi connectivity index (χ3n) is 4.18. The Kier molecular flexibility index (Phi) is 5.77. The van der Waals surface area contributed by atoms with Crippen LogP contribution in [0, 0.1) is 11.8 Å². The number of Topliss-reactive ketones (excluding diaryl/α,β-unsaturated/α-hetero) is 1. The molecule has 5 heteroatoms. The summed E-state index contributed by atoms with van der Waals surface area (Å²) in [5.41, 5.74) is 0.540. The summed E-state index contributed by atoms with van der Waals surface area (Å²) >= 11 is 0. The predicted molar refractivity (Wildman–Crippen MR) is 87.1 cm³/mol. The first-order chi connectivity index (χ1) is 10.5. The minimum Gasteiger partial charge on any atom is -0.337 e. The zero-order chi connectivity index (χ0) is 16.1. The minimum atomic E-state index is -0.211. The second-order valence-electron chi connectivity index (χ2n) is 6.60. The van der Waals surface area contributed by atoms with Crippen molar-refractivity contribution >= 4 is 11.8 Å². The van der Waals surface area contributed by atoms with Gasteiger partial charge in [0.25, 0.3) is 0 Å². The summed E-state index contributed by atoms with van der Waals surface area (Å²) in [6, 6.07) is -0.211. The molecule has 1 N–H and O–H groups in total. The fraction of sp³-hybridized carbons (Fsp3) is 0.647. The van der Waals surface area contributed by atoms with Crippen molar-refractivity contribution in [3.05, 3.63) is 24.0 Å². The number of nitrogens with zero attached hydrogens (tertiary/aromatic N) is 2. The molecule has 0 aliphatic carbocycles. The van der Waals surface area contributed by atoms with Crippen LogP contribution >= 0.6 is 0 Å². The molecule has 122 valence electrons. The Balaban J connectivity index is 2.02. The number of urea groups is 1. The average Bonchev–Trinajstić information content (AvgIpc) is 2.52. The second-order valence-corrected chi connectivity index (χ2v) is 6.60. The van der Waals surface area contributed by atoms with Crippen molar-refractivity contribution in [3.8, 4) is 0 Å². The third-order valence-corrected chi connectivity index (χ3v) is 4.18. The number of nitrogens with one attached hydrogen (secondary N) is 1. The Morgan fingerprint density at radius 3 is 2.64 bits per heavy atom. The molecule has 1 saturated heterocycles. The molecule has 2 aliphatic rings. The average molecular weight is 305 g/mol. The fourth-order valence-corrected chi connectivity index (χ4v) is 2.78. The highest BCUT2D eigenvalue weighted by atomic mass is 16.2. The van der Waals surface area contributed by atoms with Gasteiger partial charge in [-0.1, -0.05) is 26.0 Å². The molecular weight excluding hydrogens is 278 g/mol. The maximum atomic E-state index is 12.8. The van der Waals surface area contributed by atoms with Crippen molar-refractivity contribution in [1.82, 2.24) is 15.1 Å². The second kappa shape index (κ2) is 7.58. The Bertz CT molecular complexity index is 474. The number of hydrogen-bond acceptors (Lipinski definition) is 3. The molecule has 0 aromatic carbocycles. The topological polar surface area (TPSA) is 52.7 Å². The lowest BCUT2D eigenvalue weighted by Crippen LogP contribution is -2.42. The molecule has 2 heterocycles. The summed E-state index contributed by atoms with van der Waals surface area (Å²) in [5.74, 6) is 0.529. The molecule has 2 amide bonds. The van der Waals surface area contributed by atoms with E-state index in [1.54, 1.807) is 6.20 Å². The molecule has 0 unspecified atom stereocenters. The van der Waals surface area contributed by atoms with E-state index in [4.69, 9.17) is 0 Å². The van der Waals surface area contributed by atoms with E-state index in [1.165, 1.54) is 4.90 Å². The summed E-state index contributed by atoms with van der Waals surface area (Å²) in [6.45, 7) is 6.59. The molecule has 0 radical (unpaired) electrons. The van der Waals surface area contributed by atoms with Crippen LogP contribution < -0.4 is 5.32 Å². The lowest BCUT2D eigenvalue weighted by molar-refractivity contribution is -0.121. The number of piperidine rings is 1. The van der Waals surface area contributed by atoms with E-state index in [0.29, 0.717) is 24.6 Å².